The molecule has 2 amide bonds. The van der Waals surface area contributed by atoms with E-state index < -0.39 is 0 Å². The third-order valence-corrected chi connectivity index (χ3v) is 9.86. The number of fused-ring (bicyclic) bond motifs is 1. The molecule has 2 atom stereocenters. The van der Waals surface area contributed by atoms with E-state index in [1.54, 1.807) is 19.4 Å². The van der Waals surface area contributed by atoms with Crippen molar-refractivity contribution < 1.29 is 18.7 Å². The summed E-state index contributed by atoms with van der Waals surface area (Å²) in [6.45, 7) is 0.290. The number of furan rings is 1. The lowest BCUT2D eigenvalue weighted by atomic mass is 9.95. The molecule has 1 fully saturated rings. The van der Waals surface area contributed by atoms with Gasteiger partial charge in [-0.15, -0.1) is 11.3 Å². The van der Waals surface area contributed by atoms with Crippen LogP contribution in [0.15, 0.2) is 77.5 Å². The number of benzene rings is 2. The topological polar surface area (TPSA) is 98.4 Å². The van der Waals surface area contributed by atoms with Crippen molar-refractivity contribution in [3.05, 3.63) is 105 Å². The minimum atomic E-state index is -0.242. The molecule has 8 nitrogen and oxygen atoms in total. The van der Waals surface area contributed by atoms with Crippen molar-refractivity contribution in [2.45, 2.75) is 44.6 Å². The van der Waals surface area contributed by atoms with Crippen LogP contribution < -0.4 is 15.4 Å². The lowest BCUT2D eigenvalue weighted by Crippen LogP contribution is -2.25. The molecule has 3 heterocycles. The first-order valence-electron chi connectivity index (χ1n) is 14.7. The highest BCUT2D eigenvalue weighted by Gasteiger charge is 2.46. The molecule has 0 spiro atoms. The maximum Gasteiger partial charge on any atom is 0.254 e. The number of hydrogen-bond donors (Lipinski definition) is 2. The second kappa shape index (κ2) is 12.0. The summed E-state index contributed by atoms with van der Waals surface area (Å²) in [4.78, 5) is 28.4. The smallest absolute Gasteiger partial charge is 0.254 e. The summed E-state index contributed by atoms with van der Waals surface area (Å²) in [5, 5.41) is 12.2. The summed E-state index contributed by atoms with van der Waals surface area (Å²) in [7, 11) is 1.59. The van der Waals surface area contributed by atoms with E-state index in [0.717, 1.165) is 53.8 Å². The molecule has 0 bridgehead atoms. The number of methoxy groups -OCH3 is 1. The number of halogens is 1. The Morgan fingerprint density at radius 1 is 1.11 bits per heavy atom. The van der Waals surface area contributed by atoms with Gasteiger partial charge in [0.25, 0.3) is 5.91 Å². The maximum absolute atomic E-state index is 13.7. The Bertz CT molecular complexity index is 1830. The van der Waals surface area contributed by atoms with Gasteiger partial charge in [-0.3, -0.25) is 9.59 Å². The Kier molecular flexibility index (Phi) is 7.74. The van der Waals surface area contributed by atoms with Gasteiger partial charge in [-0.05, 0) is 80.1 Å². The van der Waals surface area contributed by atoms with Crippen LogP contribution in [0.3, 0.4) is 0 Å². The highest BCUT2D eigenvalue weighted by Crippen LogP contribution is 2.51. The van der Waals surface area contributed by atoms with Crippen LogP contribution in [0.5, 0.6) is 5.75 Å². The van der Waals surface area contributed by atoms with Crippen molar-refractivity contribution in [1.29, 1.82) is 0 Å². The van der Waals surface area contributed by atoms with Crippen LogP contribution >= 0.6 is 22.9 Å². The number of carbonyl (C=O) groups is 2. The van der Waals surface area contributed by atoms with E-state index >= 15 is 0 Å². The van der Waals surface area contributed by atoms with Gasteiger partial charge in [-0.2, -0.15) is 5.10 Å². The van der Waals surface area contributed by atoms with Crippen molar-refractivity contribution in [2.75, 3.05) is 12.4 Å². The SMILES string of the molecule is COc1ccc(-c2nn(-c3ccccc3)cc2C2CC2C(=O)Nc2sc3c(c2C(=O)NCc2ccco2)CCCC3)cc1Cl. The van der Waals surface area contributed by atoms with Crippen molar-refractivity contribution in [1.82, 2.24) is 15.1 Å². The van der Waals surface area contributed by atoms with Gasteiger partial charge < -0.3 is 19.8 Å². The molecule has 2 N–H and O–H groups in total. The number of amides is 2. The van der Waals surface area contributed by atoms with Crippen LogP contribution in [0, 0.1) is 5.92 Å². The van der Waals surface area contributed by atoms with E-state index in [0.29, 0.717) is 33.5 Å². The van der Waals surface area contributed by atoms with Gasteiger partial charge in [-0.1, -0.05) is 29.8 Å². The number of ether oxygens (including phenoxy) is 1. The van der Waals surface area contributed by atoms with Crippen LogP contribution in [0.4, 0.5) is 5.00 Å². The number of para-hydroxylation sites is 1. The average Bonchev–Trinajstić information content (AvgIpc) is 3.36. The third kappa shape index (κ3) is 5.53. The molecule has 0 aliphatic heterocycles. The number of aromatic nitrogens is 2. The second-order valence-corrected chi connectivity index (χ2v) is 12.7. The number of aryl methyl sites for hydroxylation is 1. The van der Waals surface area contributed by atoms with Crippen molar-refractivity contribution in [3.8, 4) is 22.7 Å². The Labute approximate surface area is 264 Å². The maximum atomic E-state index is 13.7. The van der Waals surface area contributed by atoms with Crippen molar-refractivity contribution >= 4 is 39.8 Å². The Morgan fingerprint density at radius 2 is 1.95 bits per heavy atom. The fraction of sp³-hybridized carbons (Fsp3) is 0.265. The third-order valence-electron chi connectivity index (χ3n) is 8.35. The van der Waals surface area contributed by atoms with Gasteiger partial charge in [0.2, 0.25) is 5.91 Å². The van der Waals surface area contributed by atoms with E-state index in [4.69, 9.17) is 25.9 Å². The predicted octanol–water partition coefficient (Wildman–Crippen LogP) is 7.41. The van der Waals surface area contributed by atoms with E-state index in [2.05, 4.69) is 10.6 Å². The first-order valence-corrected chi connectivity index (χ1v) is 15.9. The number of thiophene rings is 1. The molecule has 2 aliphatic rings. The Morgan fingerprint density at radius 3 is 2.73 bits per heavy atom. The first kappa shape index (κ1) is 28.4. The highest BCUT2D eigenvalue weighted by atomic mass is 35.5. The molecular weight excluding hydrogens is 596 g/mol. The average molecular weight is 627 g/mol. The number of carbonyl (C=O) groups excluding carboxylic acids is 2. The van der Waals surface area contributed by atoms with Crippen molar-refractivity contribution in [3.63, 3.8) is 0 Å². The molecule has 5 aromatic rings. The van der Waals surface area contributed by atoms with E-state index in [1.807, 2.05) is 65.5 Å². The zero-order valence-corrected chi connectivity index (χ0v) is 25.7. The normalized spacial score (nSPS) is 17.1. The zero-order valence-electron chi connectivity index (χ0n) is 24.1. The second-order valence-electron chi connectivity index (χ2n) is 11.2. The van der Waals surface area contributed by atoms with Gasteiger partial charge in [0.05, 0.1) is 41.9 Å². The van der Waals surface area contributed by atoms with Gasteiger partial charge in [0.1, 0.15) is 16.5 Å². The minimum absolute atomic E-state index is 0.0193. The molecular formula is C34H31ClN4O4S. The van der Waals surface area contributed by atoms with Crippen LogP contribution in [0.1, 0.15) is 57.3 Å². The van der Waals surface area contributed by atoms with Crippen LogP contribution in [0.2, 0.25) is 5.02 Å². The lowest BCUT2D eigenvalue weighted by Gasteiger charge is -2.13. The fourth-order valence-electron chi connectivity index (χ4n) is 6.01. The molecule has 2 unspecified atom stereocenters. The molecule has 3 aromatic heterocycles. The summed E-state index contributed by atoms with van der Waals surface area (Å²) in [6, 6.07) is 19.1. The molecule has 0 radical (unpaired) electrons. The molecule has 0 saturated heterocycles. The fourth-order valence-corrected chi connectivity index (χ4v) is 7.55. The number of nitrogens with zero attached hydrogens (tertiary/aromatic N) is 2. The van der Waals surface area contributed by atoms with Crippen LogP contribution in [0.25, 0.3) is 16.9 Å². The first-order chi connectivity index (χ1) is 21.5. The number of rotatable bonds is 9. The summed E-state index contributed by atoms with van der Waals surface area (Å²) in [5.41, 5.74) is 5.19. The molecule has 10 heteroatoms. The van der Waals surface area contributed by atoms with Gasteiger partial charge in [0.15, 0.2) is 0 Å². The molecule has 2 aliphatic carbocycles. The van der Waals surface area contributed by atoms with E-state index in [-0.39, 0.29) is 30.2 Å². The summed E-state index contributed by atoms with van der Waals surface area (Å²) < 4.78 is 12.6. The predicted molar refractivity (Wildman–Crippen MR) is 171 cm³/mol. The van der Waals surface area contributed by atoms with Gasteiger partial charge in [-0.25, -0.2) is 4.68 Å². The quantitative estimate of drug-likeness (QED) is 0.178. The van der Waals surface area contributed by atoms with Gasteiger partial charge in [0, 0.05) is 34.0 Å². The summed E-state index contributed by atoms with van der Waals surface area (Å²) in [6.07, 6.45) is 8.17. The number of hydrogen-bond acceptors (Lipinski definition) is 6. The van der Waals surface area contributed by atoms with Crippen LogP contribution in [-0.4, -0.2) is 28.7 Å². The molecule has 44 heavy (non-hydrogen) atoms. The monoisotopic (exact) mass is 626 g/mol. The summed E-state index contributed by atoms with van der Waals surface area (Å²) in [5.74, 6) is 0.735. The standard InChI is InChI=1S/C34H31ClN4O4S/c1-42-28-14-13-20(16-27(28)35)31-26(19-39(38-31)21-8-3-2-4-9-21)24-17-25(24)32(40)37-34-30(23-11-5-6-12-29(23)44-34)33(41)36-18-22-10-7-15-43-22/h2-4,7-10,13-16,19,24-25H,5-6,11-12,17-18H2,1H3,(H,36,41)(H,37,40). The molecule has 7 rings (SSSR count). The lowest BCUT2D eigenvalue weighted by molar-refractivity contribution is -0.117. The van der Waals surface area contributed by atoms with Crippen molar-refractivity contribution in [2.24, 2.45) is 5.92 Å². The molecule has 2 aromatic carbocycles. The van der Waals surface area contributed by atoms with Gasteiger partial charge >= 0.3 is 0 Å². The highest BCUT2D eigenvalue weighted by molar-refractivity contribution is 7.17. The largest absolute Gasteiger partial charge is 0.495 e. The molecule has 224 valence electrons. The summed E-state index contributed by atoms with van der Waals surface area (Å²) >= 11 is 8.03. The zero-order chi connectivity index (χ0) is 30.2. The minimum Gasteiger partial charge on any atom is -0.495 e. The number of anilines is 1. The Balaban J connectivity index is 1.15. The number of nitrogens with one attached hydrogen (secondary N) is 2. The molecule has 1 saturated carbocycles. The van der Waals surface area contributed by atoms with E-state index in [1.165, 1.54) is 16.2 Å². The Hall–Kier alpha value is -4.34. The van der Waals surface area contributed by atoms with E-state index in [9.17, 15) is 9.59 Å². The van der Waals surface area contributed by atoms with Crippen LogP contribution in [-0.2, 0) is 24.2 Å².